The Kier molecular flexibility index (Phi) is 3.71. The number of fused-ring (bicyclic) bond motifs is 1. The summed E-state index contributed by atoms with van der Waals surface area (Å²) in [6.07, 6.45) is 5.52. The summed E-state index contributed by atoms with van der Waals surface area (Å²) in [6, 6.07) is 4.44. The molecule has 104 valence electrons. The van der Waals surface area contributed by atoms with E-state index in [2.05, 4.69) is 21.8 Å². The van der Waals surface area contributed by atoms with Crippen molar-refractivity contribution in [3.63, 3.8) is 0 Å². The minimum atomic E-state index is 0.247. The Bertz CT molecular complexity index is 420. The molecule has 3 heterocycles. The average Bonchev–Trinajstić information content (AvgIpc) is 2.42. The van der Waals surface area contributed by atoms with Gasteiger partial charge < -0.3 is 10.0 Å². The van der Waals surface area contributed by atoms with Crippen LogP contribution in [0.25, 0.3) is 0 Å². The normalized spacial score (nSPS) is 29.1. The first-order valence-corrected chi connectivity index (χ1v) is 7.29. The fraction of sp³-hybridized carbons (Fsp3) is 0.667. The quantitative estimate of drug-likeness (QED) is 0.879. The number of hydrogen-bond acceptors (Lipinski definition) is 4. The molecule has 2 aliphatic heterocycles. The summed E-state index contributed by atoms with van der Waals surface area (Å²) in [4.78, 5) is 9.35. The summed E-state index contributed by atoms with van der Waals surface area (Å²) < 4.78 is 0. The molecule has 0 saturated carbocycles. The molecule has 0 bridgehead atoms. The van der Waals surface area contributed by atoms with Crippen molar-refractivity contribution in [3.05, 3.63) is 24.0 Å². The Labute approximate surface area is 115 Å². The summed E-state index contributed by atoms with van der Waals surface area (Å²) in [7, 11) is 2.27. The number of pyridine rings is 1. The van der Waals surface area contributed by atoms with E-state index in [0.29, 0.717) is 0 Å². The van der Waals surface area contributed by atoms with Crippen LogP contribution in [0.4, 0.5) is 0 Å². The molecule has 0 aliphatic carbocycles. The largest absolute Gasteiger partial charge is 0.506 e. The zero-order valence-corrected chi connectivity index (χ0v) is 11.6. The van der Waals surface area contributed by atoms with E-state index in [-0.39, 0.29) is 5.75 Å². The fourth-order valence-corrected chi connectivity index (χ4v) is 3.61. The lowest BCUT2D eigenvalue weighted by Gasteiger charge is -2.45. The van der Waals surface area contributed by atoms with Crippen molar-refractivity contribution in [1.29, 1.82) is 0 Å². The first-order valence-electron chi connectivity index (χ1n) is 7.29. The van der Waals surface area contributed by atoms with Crippen LogP contribution >= 0.6 is 0 Å². The number of hydrogen-bond donors (Lipinski definition) is 1. The molecule has 0 spiro atoms. The molecule has 0 aromatic carbocycles. The molecule has 4 nitrogen and oxygen atoms in total. The van der Waals surface area contributed by atoms with Gasteiger partial charge in [0, 0.05) is 25.7 Å². The van der Waals surface area contributed by atoms with Crippen molar-refractivity contribution in [2.75, 3.05) is 26.7 Å². The van der Waals surface area contributed by atoms with Crippen LogP contribution in [-0.2, 0) is 6.54 Å². The van der Waals surface area contributed by atoms with E-state index in [4.69, 9.17) is 0 Å². The minimum Gasteiger partial charge on any atom is -0.506 e. The minimum absolute atomic E-state index is 0.247. The number of aromatic hydroxyl groups is 1. The van der Waals surface area contributed by atoms with Crippen LogP contribution in [0.1, 0.15) is 25.0 Å². The Morgan fingerprint density at radius 3 is 3.00 bits per heavy atom. The molecule has 2 fully saturated rings. The van der Waals surface area contributed by atoms with Gasteiger partial charge in [-0.05, 0) is 50.9 Å². The Balaban J connectivity index is 1.60. The van der Waals surface area contributed by atoms with Crippen molar-refractivity contribution < 1.29 is 5.11 Å². The third-order valence-corrected chi connectivity index (χ3v) is 4.62. The van der Waals surface area contributed by atoms with Crippen LogP contribution in [0.3, 0.4) is 0 Å². The van der Waals surface area contributed by atoms with Crippen LogP contribution < -0.4 is 0 Å². The molecule has 19 heavy (non-hydrogen) atoms. The summed E-state index contributed by atoms with van der Waals surface area (Å²) >= 11 is 0. The van der Waals surface area contributed by atoms with E-state index in [0.717, 1.165) is 30.7 Å². The van der Waals surface area contributed by atoms with Gasteiger partial charge in [0.05, 0.1) is 11.9 Å². The van der Waals surface area contributed by atoms with Gasteiger partial charge >= 0.3 is 0 Å². The maximum atomic E-state index is 9.26. The Hall–Kier alpha value is -1.13. The first kappa shape index (κ1) is 12.9. The number of rotatable bonds is 2. The maximum absolute atomic E-state index is 9.26. The zero-order valence-electron chi connectivity index (χ0n) is 11.6. The molecule has 2 atom stereocenters. The third kappa shape index (κ3) is 2.90. The molecule has 2 saturated heterocycles. The van der Waals surface area contributed by atoms with Crippen molar-refractivity contribution in [1.82, 2.24) is 14.8 Å². The van der Waals surface area contributed by atoms with Gasteiger partial charge in [-0.15, -0.1) is 0 Å². The van der Waals surface area contributed by atoms with Crippen molar-refractivity contribution in [3.8, 4) is 5.75 Å². The topological polar surface area (TPSA) is 39.6 Å². The molecule has 2 unspecified atom stereocenters. The average molecular weight is 261 g/mol. The monoisotopic (exact) mass is 261 g/mol. The molecular weight excluding hydrogens is 238 g/mol. The van der Waals surface area contributed by atoms with Crippen LogP contribution in [-0.4, -0.2) is 52.6 Å². The SMILES string of the molecule is CN1CCCC2CN(Cc3ccc(O)cn3)CCC21. The standard InChI is InChI=1S/C15H23N3O/c1-17-7-2-3-12-10-18(8-6-15(12)17)11-13-4-5-14(19)9-16-13/h4-5,9,12,15,19H,2-3,6-8,10-11H2,1H3. The molecule has 1 aromatic rings. The van der Waals surface area contributed by atoms with E-state index in [1.54, 1.807) is 6.07 Å². The number of likely N-dealkylation sites (tertiary alicyclic amines) is 2. The van der Waals surface area contributed by atoms with Crippen LogP contribution in [0.5, 0.6) is 5.75 Å². The highest BCUT2D eigenvalue weighted by Crippen LogP contribution is 2.30. The lowest BCUT2D eigenvalue weighted by Crippen LogP contribution is -2.52. The van der Waals surface area contributed by atoms with Crippen LogP contribution in [0.2, 0.25) is 0 Å². The highest BCUT2D eigenvalue weighted by molar-refractivity contribution is 5.17. The molecule has 0 radical (unpaired) electrons. The van der Waals surface area contributed by atoms with Crippen molar-refractivity contribution >= 4 is 0 Å². The maximum Gasteiger partial charge on any atom is 0.133 e. The van der Waals surface area contributed by atoms with E-state index >= 15 is 0 Å². The molecule has 4 heteroatoms. The van der Waals surface area contributed by atoms with Crippen molar-refractivity contribution in [2.24, 2.45) is 5.92 Å². The second kappa shape index (κ2) is 5.47. The zero-order chi connectivity index (χ0) is 13.2. The van der Waals surface area contributed by atoms with Gasteiger partial charge in [0.1, 0.15) is 5.75 Å². The first-order chi connectivity index (χ1) is 9.22. The smallest absolute Gasteiger partial charge is 0.133 e. The van der Waals surface area contributed by atoms with Crippen LogP contribution in [0, 0.1) is 5.92 Å². The summed E-state index contributed by atoms with van der Waals surface area (Å²) in [5.41, 5.74) is 1.06. The molecule has 1 N–H and O–H groups in total. The van der Waals surface area contributed by atoms with Gasteiger partial charge in [0.15, 0.2) is 0 Å². The Morgan fingerprint density at radius 1 is 1.32 bits per heavy atom. The van der Waals surface area contributed by atoms with E-state index < -0.39 is 0 Å². The van der Waals surface area contributed by atoms with E-state index in [1.807, 2.05) is 6.07 Å². The summed E-state index contributed by atoms with van der Waals surface area (Å²) in [6.45, 7) is 4.53. The van der Waals surface area contributed by atoms with E-state index in [9.17, 15) is 5.11 Å². The second-order valence-corrected chi connectivity index (χ2v) is 5.98. The van der Waals surface area contributed by atoms with Crippen molar-refractivity contribution in [2.45, 2.75) is 31.8 Å². The summed E-state index contributed by atoms with van der Waals surface area (Å²) in [5.74, 6) is 1.07. The number of nitrogens with zero attached hydrogens (tertiary/aromatic N) is 3. The summed E-state index contributed by atoms with van der Waals surface area (Å²) in [5, 5.41) is 9.26. The Morgan fingerprint density at radius 2 is 2.21 bits per heavy atom. The van der Waals surface area contributed by atoms with Gasteiger partial charge in [-0.2, -0.15) is 0 Å². The third-order valence-electron chi connectivity index (χ3n) is 4.62. The molecule has 1 aromatic heterocycles. The number of piperidine rings is 2. The second-order valence-electron chi connectivity index (χ2n) is 5.98. The fourth-order valence-electron chi connectivity index (χ4n) is 3.61. The van der Waals surface area contributed by atoms with Gasteiger partial charge in [-0.3, -0.25) is 9.88 Å². The van der Waals surface area contributed by atoms with Crippen LogP contribution in [0.15, 0.2) is 18.3 Å². The predicted octanol–water partition coefficient (Wildman–Crippen LogP) is 1.70. The highest BCUT2D eigenvalue weighted by atomic mass is 16.3. The number of aromatic nitrogens is 1. The lowest BCUT2D eigenvalue weighted by molar-refractivity contribution is 0.0350. The predicted molar refractivity (Wildman–Crippen MR) is 74.9 cm³/mol. The highest BCUT2D eigenvalue weighted by Gasteiger charge is 2.34. The van der Waals surface area contributed by atoms with Gasteiger partial charge in [0.2, 0.25) is 0 Å². The molecule has 3 rings (SSSR count). The molecule has 0 amide bonds. The van der Waals surface area contributed by atoms with Gasteiger partial charge in [-0.25, -0.2) is 0 Å². The van der Waals surface area contributed by atoms with Gasteiger partial charge in [0.25, 0.3) is 0 Å². The molecule has 2 aliphatic rings. The lowest BCUT2D eigenvalue weighted by atomic mass is 9.84. The van der Waals surface area contributed by atoms with Gasteiger partial charge in [-0.1, -0.05) is 0 Å². The van der Waals surface area contributed by atoms with E-state index in [1.165, 1.54) is 38.5 Å². The molecular formula is C15H23N3O.